The van der Waals surface area contributed by atoms with E-state index >= 15 is 0 Å². The molecule has 6 heteroatoms. The molecule has 0 spiro atoms. The maximum absolute atomic E-state index is 12.3. The lowest BCUT2D eigenvalue weighted by Crippen LogP contribution is -2.06. The lowest BCUT2D eigenvalue weighted by atomic mass is 10.0. The van der Waals surface area contributed by atoms with Crippen molar-refractivity contribution < 1.29 is 23.4 Å². The molecule has 3 aromatic carbocycles. The zero-order valence-electron chi connectivity index (χ0n) is 17.1. The second-order valence-corrected chi connectivity index (χ2v) is 6.84. The molecule has 4 rings (SSSR count). The van der Waals surface area contributed by atoms with Gasteiger partial charge < -0.3 is 18.6 Å². The van der Waals surface area contributed by atoms with Crippen molar-refractivity contribution in [1.82, 2.24) is 0 Å². The highest BCUT2D eigenvalue weighted by atomic mass is 16.5. The number of hydrogen-bond donors (Lipinski definition) is 0. The summed E-state index contributed by atoms with van der Waals surface area (Å²) >= 11 is 0. The van der Waals surface area contributed by atoms with Gasteiger partial charge in [-0.1, -0.05) is 30.3 Å². The molecule has 6 nitrogen and oxygen atoms in total. The third kappa shape index (κ3) is 4.43. The highest BCUT2D eigenvalue weighted by Gasteiger charge is 2.11. The van der Waals surface area contributed by atoms with E-state index < -0.39 is 11.6 Å². The van der Waals surface area contributed by atoms with Crippen molar-refractivity contribution >= 4 is 33.8 Å². The second-order valence-electron chi connectivity index (χ2n) is 6.84. The first-order chi connectivity index (χ1) is 15.1. The molecule has 0 radical (unpaired) electrons. The van der Waals surface area contributed by atoms with Crippen LogP contribution in [-0.4, -0.2) is 20.2 Å². The summed E-state index contributed by atoms with van der Waals surface area (Å²) in [6.07, 6.45) is 2.93. The summed E-state index contributed by atoms with van der Waals surface area (Å²) < 4.78 is 21.2. The Morgan fingerprint density at radius 1 is 0.968 bits per heavy atom. The molecular weight excluding hydrogens is 396 g/mol. The zero-order valence-corrected chi connectivity index (χ0v) is 17.1. The van der Waals surface area contributed by atoms with Crippen molar-refractivity contribution in [3.8, 4) is 11.5 Å². The van der Waals surface area contributed by atoms with Crippen LogP contribution in [0.5, 0.6) is 11.5 Å². The number of rotatable bonds is 6. The minimum absolute atomic E-state index is 0.0548. The van der Waals surface area contributed by atoms with Crippen LogP contribution in [0.25, 0.3) is 27.8 Å². The molecule has 31 heavy (non-hydrogen) atoms. The molecule has 0 saturated carbocycles. The molecule has 1 heterocycles. The lowest BCUT2D eigenvalue weighted by molar-refractivity contribution is -0.138. The van der Waals surface area contributed by atoms with Gasteiger partial charge in [-0.25, -0.2) is 9.59 Å². The molecule has 0 aliphatic carbocycles. The van der Waals surface area contributed by atoms with Crippen LogP contribution in [0.3, 0.4) is 0 Å². The van der Waals surface area contributed by atoms with Crippen molar-refractivity contribution in [2.45, 2.75) is 6.61 Å². The average molecular weight is 416 g/mol. The highest BCUT2D eigenvalue weighted by Crippen LogP contribution is 2.28. The minimum atomic E-state index is -0.539. The topological polar surface area (TPSA) is 75.0 Å². The number of carbonyl (C=O) groups is 1. The molecule has 0 atom stereocenters. The van der Waals surface area contributed by atoms with E-state index in [1.54, 1.807) is 44.6 Å². The largest absolute Gasteiger partial charge is 0.497 e. The van der Waals surface area contributed by atoms with Gasteiger partial charge in [0.1, 0.15) is 23.7 Å². The molecule has 0 amide bonds. The van der Waals surface area contributed by atoms with Crippen molar-refractivity contribution in [2.24, 2.45) is 0 Å². The summed E-state index contributed by atoms with van der Waals surface area (Å²) in [5.74, 6) is 0.687. The van der Waals surface area contributed by atoms with Crippen LogP contribution in [0.4, 0.5) is 0 Å². The van der Waals surface area contributed by atoms with Crippen molar-refractivity contribution in [3.63, 3.8) is 0 Å². The van der Waals surface area contributed by atoms with Crippen LogP contribution in [0.2, 0.25) is 0 Å². The molecule has 0 bridgehead atoms. The first-order valence-corrected chi connectivity index (χ1v) is 9.60. The van der Waals surface area contributed by atoms with Crippen LogP contribution < -0.4 is 15.1 Å². The Kier molecular flexibility index (Phi) is 5.71. The van der Waals surface area contributed by atoms with Gasteiger partial charge >= 0.3 is 11.6 Å². The van der Waals surface area contributed by atoms with Crippen LogP contribution in [0.15, 0.2) is 76.0 Å². The number of fused-ring (bicyclic) bond motifs is 3. The van der Waals surface area contributed by atoms with Gasteiger partial charge in [0, 0.05) is 29.2 Å². The summed E-state index contributed by atoms with van der Waals surface area (Å²) in [4.78, 5) is 24.3. The third-order valence-electron chi connectivity index (χ3n) is 4.87. The number of benzene rings is 3. The second kappa shape index (κ2) is 8.75. The van der Waals surface area contributed by atoms with Gasteiger partial charge in [0.15, 0.2) is 0 Å². The SMILES string of the molecule is COc1cc(/C=C/C(=O)OCc2cc(=O)oc3ccc4ccccc4c23)cc(OC)c1. The molecule has 0 saturated heterocycles. The van der Waals surface area contributed by atoms with Gasteiger partial charge in [-0.15, -0.1) is 0 Å². The predicted octanol–water partition coefficient (Wildman–Crippen LogP) is 4.72. The normalized spacial score (nSPS) is 11.2. The molecule has 156 valence electrons. The summed E-state index contributed by atoms with van der Waals surface area (Å²) in [6.45, 7) is -0.0548. The molecule has 0 fully saturated rings. The molecule has 0 unspecified atom stereocenters. The van der Waals surface area contributed by atoms with E-state index in [0.717, 1.165) is 21.7 Å². The first kappa shape index (κ1) is 20.2. The fraction of sp³-hybridized carbons (Fsp3) is 0.120. The standard InChI is InChI=1S/C25H20O6/c1-28-19-11-16(12-20(14-19)29-2)7-10-23(26)30-15-18-13-24(27)31-22-9-8-17-5-3-4-6-21(17)25(18)22/h3-14H,15H2,1-2H3/b10-7+. The van der Waals surface area contributed by atoms with Gasteiger partial charge in [-0.05, 0) is 40.6 Å². The average Bonchev–Trinajstić information content (AvgIpc) is 2.80. The monoisotopic (exact) mass is 416 g/mol. The van der Waals surface area contributed by atoms with Gasteiger partial charge in [0.25, 0.3) is 0 Å². The molecule has 0 aliphatic rings. The lowest BCUT2D eigenvalue weighted by Gasteiger charge is -2.09. The van der Waals surface area contributed by atoms with E-state index in [4.69, 9.17) is 18.6 Å². The molecule has 0 aliphatic heterocycles. The van der Waals surface area contributed by atoms with Crippen molar-refractivity contribution in [3.05, 3.63) is 88.3 Å². The quantitative estimate of drug-likeness (QED) is 0.196. The van der Waals surface area contributed by atoms with Crippen LogP contribution in [-0.2, 0) is 16.1 Å². The summed E-state index contributed by atoms with van der Waals surface area (Å²) in [5.41, 5.74) is 1.28. The minimum Gasteiger partial charge on any atom is -0.497 e. The van der Waals surface area contributed by atoms with Crippen LogP contribution >= 0.6 is 0 Å². The van der Waals surface area contributed by atoms with E-state index in [2.05, 4.69) is 0 Å². The number of methoxy groups -OCH3 is 2. The van der Waals surface area contributed by atoms with E-state index in [-0.39, 0.29) is 6.61 Å². The van der Waals surface area contributed by atoms with Gasteiger partial charge in [-0.3, -0.25) is 0 Å². The number of carbonyl (C=O) groups excluding carboxylic acids is 1. The Hall–Kier alpha value is -4.06. The van der Waals surface area contributed by atoms with Crippen molar-refractivity contribution in [2.75, 3.05) is 14.2 Å². The Morgan fingerprint density at radius 3 is 2.45 bits per heavy atom. The van der Waals surface area contributed by atoms with E-state index in [1.807, 2.05) is 30.3 Å². The van der Waals surface area contributed by atoms with Crippen LogP contribution in [0.1, 0.15) is 11.1 Å². The van der Waals surface area contributed by atoms with E-state index in [1.165, 1.54) is 12.1 Å². The first-order valence-electron chi connectivity index (χ1n) is 9.60. The third-order valence-corrected chi connectivity index (χ3v) is 4.87. The maximum atomic E-state index is 12.3. The Morgan fingerprint density at radius 2 is 1.71 bits per heavy atom. The van der Waals surface area contributed by atoms with Gasteiger partial charge in [0.05, 0.1) is 14.2 Å². The highest BCUT2D eigenvalue weighted by molar-refractivity contribution is 6.07. The summed E-state index contributed by atoms with van der Waals surface area (Å²) in [7, 11) is 3.11. The molecular formula is C25H20O6. The van der Waals surface area contributed by atoms with Gasteiger partial charge in [0.2, 0.25) is 0 Å². The van der Waals surface area contributed by atoms with Gasteiger partial charge in [-0.2, -0.15) is 0 Å². The number of esters is 1. The number of hydrogen-bond acceptors (Lipinski definition) is 6. The van der Waals surface area contributed by atoms with Crippen molar-refractivity contribution in [1.29, 1.82) is 0 Å². The maximum Gasteiger partial charge on any atom is 0.336 e. The Labute approximate surface area is 178 Å². The summed E-state index contributed by atoms with van der Waals surface area (Å²) in [5, 5.41) is 2.68. The smallest absolute Gasteiger partial charge is 0.336 e. The zero-order chi connectivity index (χ0) is 21.8. The Bertz CT molecular complexity index is 1330. The van der Waals surface area contributed by atoms with E-state index in [0.29, 0.717) is 22.6 Å². The Balaban J connectivity index is 1.58. The summed E-state index contributed by atoms with van der Waals surface area (Å²) in [6, 6.07) is 18.1. The molecule has 1 aromatic heterocycles. The number of ether oxygens (including phenoxy) is 3. The van der Waals surface area contributed by atoms with E-state index in [9.17, 15) is 9.59 Å². The van der Waals surface area contributed by atoms with Crippen LogP contribution in [0, 0.1) is 0 Å². The predicted molar refractivity (Wildman–Crippen MR) is 118 cm³/mol. The fourth-order valence-corrected chi connectivity index (χ4v) is 3.42. The fourth-order valence-electron chi connectivity index (χ4n) is 3.42. The molecule has 0 N–H and O–H groups in total. The molecule has 4 aromatic rings.